The van der Waals surface area contributed by atoms with Gasteiger partial charge in [0.05, 0.1) is 16.9 Å². The van der Waals surface area contributed by atoms with Crippen molar-refractivity contribution in [2.75, 3.05) is 0 Å². The maximum absolute atomic E-state index is 14.1. The first-order valence-corrected chi connectivity index (χ1v) is 11.4. The Hall–Kier alpha value is -4.52. The molecule has 0 atom stereocenters. The van der Waals surface area contributed by atoms with Crippen LogP contribution >= 0.6 is 0 Å². The minimum atomic E-state index is -0.379. The number of carbonyl (C=O) groups excluding carboxylic acids is 2. The molecule has 6 nitrogen and oxygen atoms in total. The molecule has 174 valence electrons. The average Bonchev–Trinajstić information content (AvgIpc) is 3.25. The number of carbonyl (C=O) groups is 2. The van der Waals surface area contributed by atoms with Crippen molar-refractivity contribution < 1.29 is 14.0 Å². The van der Waals surface area contributed by atoms with Gasteiger partial charge < -0.3 is 4.98 Å². The summed E-state index contributed by atoms with van der Waals surface area (Å²) in [5, 5.41) is 1.81. The Morgan fingerprint density at radius 3 is 2.54 bits per heavy atom. The van der Waals surface area contributed by atoms with Crippen molar-refractivity contribution in [2.45, 2.75) is 19.3 Å². The van der Waals surface area contributed by atoms with Crippen molar-refractivity contribution in [1.82, 2.24) is 20.8 Å². The lowest BCUT2D eigenvalue weighted by Crippen LogP contribution is -2.41. The molecule has 5 aromatic rings. The first-order valence-electron chi connectivity index (χ1n) is 11.4. The van der Waals surface area contributed by atoms with Crippen LogP contribution in [0.25, 0.3) is 33.2 Å². The third kappa shape index (κ3) is 4.89. The molecule has 0 aliphatic rings. The number of hydrogen-bond acceptors (Lipinski definition) is 3. The van der Waals surface area contributed by atoms with Gasteiger partial charge in [0.1, 0.15) is 5.82 Å². The lowest BCUT2D eigenvalue weighted by molar-refractivity contribution is -0.121. The summed E-state index contributed by atoms with van der Waals surface area (Å²) < 4.78 is 14.1. The number of halogens is 1. The molecule has 0 aliphatic carbocycles. The lowest BCUT2D eigenvalue weighted by Gasteiger charge is -2.08. The van der Waals surface area contributed by atoms with Crippen molar-refractivity contribution in [1.29, 1.82) is 0 Å². The fourth-order valence-electron chi connectivity index (χ4n) is 4.18. The summed E-state index contributed by atoms with van der Waals surface area (Å²) in [4.78, 5) is 32.6. The zero-order valence-electron chi connectivity index (χ0n) is 18.8. The Labute approximate surface area is 201 Å². The second kappa shape index (κ2) is 9.77. The summed E-state index contributed by atoms with van der Waals surface area (Å²) in [6.45, 7) is 0. The first-order chi connectivity index (χ1) is 17.1. The van der Waals surface area contributed by atoms with E-state index in [1.165, 1.54) is 12.1 Å². The van der Waals surface area contributed by atoms with Crippen LogP contribution in [0.2, 0.25) is 0 Å². The Bertz CT molecular complexity index is 1530. The monoisotopic (exact) mass is 466 g/mol. The molecule has 3 aromatic carbocycles. The van der Waals surface area contributed by atoms with Gasteiger partial charge in [-0.25, -0.2) is 9.37 Å². The zero-order valence-corrected chi connectivity index (χ0v) is 18.8. The largest absolute Gasteiger partial charge is 0.353 e. The maximum Gasteiger partial charge on any atom is 0.269 e. The Morgan fingerprint density at radius 1 is 0.886 bits per heavy atom. The van der Waals surface area contributed by atoms with E-state index >= 15 is 0 Å². The molecular weight excluding hydrogens is 443 g/mol. The van der Waals surface area contributed by atoms with Crippen molar-refractivity contribution in [3.8, 4) is 11.4 Å². The summed E-state index contributed by atoms with van der Waals surface area (Å²) >= 11 is 0. The summed E-state index contributed by atoms with van der Waals surface area (Å²) in [5.74, 6) is -1.00. The van der Waals surface area contributed by atoms with Gasteiger partial charge in [-0.1, -0.05) is 42.5 Å². The molecule has 0 radical (unpaired) electrons. The van der Waals surface area contributed by atoms with Gasteiger partial charge >= 0.3 is 0 Å². The fraction of sp³-hybridized carbons (Fsp3) is 0.107. The Kier molecular flexibility index (Phi) is 6.22. The number of rotatable bonds is 6. The molecule has 2 heterocycles. The van der Waals surface area contributed by atoms with Gasteiger partial charge in [-0.3, -0.25) is 20.4 Å². The number of hydrazine groups is 1. The van der Waals surface area contributed by atoms with Crippen LogP contribution in [-0.4, -0.2) is 21.8 Å². The van der Waals surface area contributed by atoms with Crippen LogP contribution in [0.4, 0.5) is 4.39 Å². The number of H-pyrrole nitrogens is 1. The van der Waals surface area contributed by atoms with Gasteiger partial charge in [-0.2, -0.15) is 0 Å². The van der Waals surface area contributed by atoms with Crippen molar-refractivity contribution in [2.24, 2.45) is 0 Å². The molecule has 5 rings (SSSR count). The molecule has 35 heavy (non-hydrogen) atoms. The van der Waals surface area contributed by atoms with E-state index in [0.717, 1.165) is 38.8 Å². The predicted molar refractivity (Wildman–Crippen MR) is 134 cm³/mol. The topological polar surface area (TPSA) is 86.9 Å². The van der Waals surface area contributed by atoms with E-state index in [-0.39, 0.29) is 24.1 Å². The molecule has 0 saturated heterocycles. The quantitative estimate of drug-likeness (QED) is 0.297. The summed E-state index contributed by atoms with van der Waals surface area (Å²) in [5.41, 5.74) is 9.50. The Morgan fingerprint density at radius 2 is 1.69 bits per heavy atom. The van der Waals surface area contributed by atoms with Gasteiger partial charge in [0, 0.05) is 28.3 Å². The average molecular weight is 467 g/mol. The van der Waals surface area contributed by atoms with Gasteiger partial charge in [0.15, 0.2) is 0 Å². The number of aryl methyl sites for hydroxylation is 1. The van der Waals surface area contributed by atoms with E-state index in [0.29, 0.717) is 18.4 Å². The van der Waals surface area contributed by atoms with E-state index in [9.17, 15) is 14.0 Å². The van der Waals surface area contributed by atoms with Gasteiger partial charge in [-0.05, 0) is 60.9 Å². The normalized spacial score (nSPS) is 11.0. The van der Waals surface area contributed by atoms with Crippen LogP contribution in [-0.2, 0) is 11.2 Å². The number of nitrogens with one attached hydrogen (secondary N) is 3. The number of para-hydroxylation sites is 1. The molecule has 0 unspecified atom stereocenters. The molecule has 0 saturated carbocycles. The second-order valence-corrected chi connectivity index (χ2v) is 8.28. The first kappa shape index (κ1) is 22.3. The molecule has 2 aromatic heterocycles. The molecule has 7 heteroatoms. The zero-order chi connectivity index (χ0) is 24.2. The number of aromatic amines is 1. The number of fused-ring (bicyclic) bond motifs is 2. The lowest BCUT2D eigenvalue weighted by atomic mass is 10.0. The number of nitrogens with zero attached hydrogens (tertiary/aromatic N) is 1. The van der Waals surface area contributed by atoms with E-state index in [4.69, 9.17) is 4.98 Å². The molecule has 0 aliphatic heterocycles. The van der Waals surface area contributed by atoms with Gasteiger partial charge in [0.25, 0.3) is 5.91 Å². The van der Waals surface area contributed by atoms with Crippen LogP contribution in [0.1, 0.15) is 28.8 Å². The van der Waals surface area contributed by atoms with Gasteiger partial charge in [0.2, 0.25) is 5.91 Å². The predicted octanol–water partition coefficient (Wildman–Crippen LogP) is 5.31. The van der Waals surface area contributed by atoms with Crippen LogP contribution < -0.4 is 10.9 Å². The molecule has 0 bridgehead atoms. The number of hydrogen-bond donors (Lipinski definition) is 3. The highest BCUT2D eigenvalue weighted by molar-refractivity contribution is 5.95. The molecule has 2 amide bonds. The number of aromatic nitrogens is 2. The molecular formula is C28H23FN4O2. The highest BCUT2D eigenvalue weighted by atomic mass is 19.1. The van der Waals surface area contributed by atoms with Crippen molar-refractivity contribution >= 4 is 33.6 Å². The summed E-state index contributed by atoms with van der Waals surface area (Å²) in [6.07, 6.45) is 1.24. The SMILES string of the molecule is O=C(CCCc1c(-c2ccc3ccccc3n2)[nH]c2ccc(F)cc12)NNC(=O)c1ccccc1. The third-order valence-electron chi connectivity index (χ3n) is 5.90. The molecule has 0 fully saturated rings. The Balaban J connectivity index is 1.32. The van der Waals surface area contributed by atoms with E-state index in [1.807, 2.05) is 42.5 Å². The van der Waals surface area contributed by atoms with Crippen LogP contribution in [0.5, 0.6) is 0 Å². The van der Waals surface area contributed by atoms with Crippen LogP contribution in [0.3, 0.4) is 0 Å². The van der Waals surface area contributed by atoms with Crippen LogP contribution in [0.15, 0.2) is 84.9 Å². The maximum atomic E-state index is 14.1. The second-order valence-electron chi connectivity index (χ2n) is 8.28. The number of amides is 2. The minimum absolute atomic E-state index is 0.196. The van der Waals surface area contributed by atoms with Crippen molar-refractivity contribution in [3.63, 3.8) is 0 Å². The minimum Gasteiger partial charge on any atom is -0.353 e. The number of pyridine rings is 1. The third-order valence-corrected chi connectivity index (χ3v) is 5.90. The standard InChI is InChI=1S/C28H23FN4O2/c29-20-14-16-24-22(17-20)21(27(31-24)25-15-13-18-7-4-5-11-23(18)30-25)10-6-12-26(34)32-33-28(35)19-8-2-1-3-9-19/h1-5,7-9,11,13-17,31H,6,10,12H2,(H,32,34)(H,33,35). The van der Waals surface area contributed by atoms with E-state index < -0.39 is 0 Å². The van der Waals surface area contributed by atoms with E-state index in [2.05, 4.69) is 15.8 Å². The molecule has 0 spiro atoms. The fourth-order valence-corrected chi connectivity index (χ4v) is 4.18. The highest BCUT2D eigenvalue weighted by Crippen LogP contribution is 2.32. The van der Waals surface area contributed by atoms with Crippen LogP contribution in [0, 0.1) is 5.82 Å². The van der Waals surface area contributed by atoms with Crippen molar-refractivity contribution in [3.05, 3.63) is 102 Å². The summed E-state index contributed by atoms with van der Waals surface area (Å²) in [7, 11) is 0. The smallest absolute Gasteiger partial charge is 0.269 e. The molecule has 3 N–H and O–H groups in total. The number of benzene rings is 3. The summed E-state index contributed by atoms with van der Waals surface area (Å²) in [6, 6.07) is 25.1. The van der Waals surface area contributed by atoms with E-state index in [1.54, 1.807) is 30.3 Å². The van der Waals surface area contributed by atoms with Gasteiger partial charge in [-0.15, -0.1) is 0 Å². The highest BCUT2D eigenvalue weighted by Gasteiger charge is 2.16.